The summed E-state index contributed by atoms with van der Waals surface area (Å²) >= 11 is 1.37. The molecule has 7 heteroatoms. The Morgan fingerprint density at radius 1 is 0.947 bits per heavy atom. The zero-order chi connectivity index (χ0) is 26.8. The van der Waals surface area contributed by atoms with E-state index in [0.717, 1.165) is 43.8 Å². The molecule has 5 rings (SSSR count). The fourth-order valence-electron chi connectivity index (χ4n) is 5.32. The van der Waals surface area contributed by atoms with Crippen LogP contribution in [0.3, 0.4) is 0 Å². The number of rotatable bonds is 5. The molecule has 0 bridgehead atoms. The van der Waals surface area contributed by atoms with E-state index in [1.807, 2.05) is 22.4 Å². The number of ether oxygens (including phenoxy) is 1. The molecule has 6 nitrogen and oxygen atoms in total. The van der Waals surface area contributed by atoms with Crippen molar-refractivity contribution in [2.45, 2.75) is 57.6 Å². The molecule has 2 aliphatic rings. The number of nitrogens with zero attached hydrogens (tertiary/aromatic N) is 2. The van der Waals surface area contributed by atoms with Crippen molar-refractivity contribution in [1.82, 2.24) is 10.2 Å². The number of piperidine rings is 1. The Bertz CT molecular complexity index is 1260. The lowest BCUT2D eigenvalue weighted by atomic mass is 9.86. The van der Waals surface area contributed by atoms with Gasteiger partial charge in [-0.2, -0.15) is 0 Å². The largest absolute Gasteiger partial charge is 0.485 e. The van der Waals surface area contributed by atoms with E-state index in [1.165, 1.54) is 22.5 Å². The van der Waals surface area contributed by atoms with Crippen LogP contribution in [0.1, 0.15) is 60.8 Å². The second kappa shape index (κ2) is 10.8. The molecule has 1 N–H and O–H groups in total. The van der Waals surface area contributed by atoms with Gasteiger partial charge in [-0.25, -0.2) is 0 Å². The van der Waals surface area contributed by atoms with Crippen molar-refractivity contribution in [3.8, 4) is 5.75 Å². The van der Waals surface area contributed by atoms with E-state index in [4.69, 9.17) is 4.74 Å². The van der Waals surface area contributed by atoms with Crippen LogP contribution >= 0.6 is 11.3 Å². The molecule has 0 atom stereocenters. The Hall–Kier alpha value is -3.32. The number of hydrogen-bond donors (Lipinski definition) is 1. The molecule has 1 fully saturated rings. The van der Waals surface area contributed by atoms with Crippen molar-refractivity contribution in [1.29, 1.82) is 0 Å². The fraction of sp³-hybridized carbons (Fsp3) is 0.419. The van der Waals surface area contributed by atoms with Gasteiger partial charge < -0.3 is 19.9 Å². The lowest BCUT2D eigenvalue weighted by Gasteiger charge is -2.41. The summed E-state index contributed by atoms with van der Waals surface area (Å²) in [5.41, 5.74) is 3.60. The summed E-state index contributed by atoms with van der Waals surface area (Å²) in [6, 6.07) is 20.9. The van der Waals surface area contributed by atoms with E-state index in [-0.39, 0.29) is 29.4 Å². The summed E-state index contributed by atoms with van der Waals surface area (Å²) in [7, 11) is 0. The first kappa shape index (κ1) is 26.3. The van der Waals surface area contributed by atoms with Crippen LogP contribution in [0, 0.1) is 0 Å². The molecule has 0 unspecified atom stereocenters. The zero-order valence-corrected chi connectivity index (χ0v) is 23.4. The number of likely N-dealkylation sites (tertiary alicyclic amines) is 1. The molecule has 38 heavy (non-hydrogen) atoms. The molecule has 2 aromatic carbocycles. The first-order valence-electron chi connectivity index (χ1n) is 13.4. The summed E-state index contributed by atoms with van der Waals surface area (Å²) < 4.78 is 6.74. The van der Waals surface area contributed by atoms with Crippen LogP contribution in [0.5, 0.6) is 5.75 Å². The molecule has 1 saturated heterocycles. The minimum atomic E-state index is -0.294. The third-order valence-corrected chi connectivity index (χ3v) is 8.60. The maximum absolute atomic E-state index is 12.8. The van der Waals surface area contributed by atoms with E-state index in [9.17, 15) is 9.59 Å². The number of nitrogens with one attached hydrogen (secondary N) is 1. The number of thiophene rings is 1. The average Bonchev–Trinajstić information content (AvgIpc) is 3.41. The van der Waals surface area contributed by atoms with Gasteiger partial charge in [0.2, 0.25) is 5.91 Å². The number of para-hydroxylation sites is 2. The molecule has 0 radical (unpaired) electrons. The van der Waals surface area contributed by atoms with Crippen molar-refractivity contribution in [2.75, 3.05) is 31.1 Å². The summed E-state index contributed by atoms with van der Waals surface area (Å²) in [4.78, 5) is 29.9. The molecule has 3 heterocycles. The lowest BCUT2D eigenvalue weighted by molar-refractivity contribution is -0.133. The zero-order valence-electron chi connectivity index (χ0n) is 22.5. The number of carbonyl (C=O) groups excluding carboxylic acids is 2. The molecule has 0 aliphatic carbocycles. The molecule has 2 amide bonds. The Morgan fingerprint density at radius 2 is 1.66 bits per heavy atom. The van der Waals surface area contributed by atoms with Gasteiger partial charge in [0, 0.05) is 45.4 Å². The predicted octanol–water partition coefficient (Wildman–Crippen LogP) is 5.63. The molecule has 2 aliphatic heterocycles. The van der Waals surface area contributed by atoms with Crippen molar-refractivity contribution < 1.29 is 14.3 Å². The normalized spacial score (nSPS) is 16.9. The standard InChI is InChI=1S/C31H37N3O3S/c1-30(2,3)24-12-10-23(11-13-24)22-34-19-16-31(37-26-8-5-4-7-25(26)34)14-17-33(18-15-31)28(35)21-32-29(36)27-9-6-20-38-27/h4-13,20H,14-19,21-22H2,1-3H3,(H,32,36). The fourth-order valence-corrected chi connectivity index (χ4v) is 5.96. The lowest BCUT2D eigenvalue weighted by Crippen LogP contribution is -2.52. The highest BCUT2D eigenvalue weighted by Crippen LogP contribution is 2.41. The van der Waals surface area contributed by atoms with Crippen LogP contribution in [0.2, 0.25) is 0 Å². The SMILES string of the molecule is CC(C)(C)c1ccc(CN2CCC3(CCN(C(=O)CNC(=O)c4cccs4)CC3)Oc3ccccc32)cc1. The quantitative estimate of drug-likeness (QED) is 0.464. The van der Waals surface area contributed by atoms with Crippen LogP contribution < -0.4 is 15.0 Å². The van der Waals surface area contributed by atoms with Crippen molar-refractivity contribution in [3.63, 3.8) is 0 Å². The number of anilines is 1. The third kappa shape index (κ3) is 5.88. The minimum absolute atomic E-state index is 0.0230. The first-order valence-corrected chi connectivity index (χ1v) is 14.3. The summed E-state index contributed by atoms with van der Waals surface area (Å²) in [5, 5.41) is 4.62. The number of benzene rings is 2. The van der Waals surface area contributed by atoms with Crippen LogP contribution in [0.25, 0.3) is 0 Å². The number of fused-ring (bicyclic) bond motifs is 1. The maximum atomic E-state index is 12.8. The molecular weight excluding hydrogens is 494 g/mol. The maximum Gasteiger partial charge on any atom is 0.261 e. The van der Waals surface area contributed by atoms with Gasteiger partial charge >= 0.3 is 0 Å². The van der Waals surface area contributed by atoms with Gasteiger partial charge in [0.05, 0.1) is 17.1 Å². The monoisotopic (exact) mass is 531 g/mol. The molecule has 0 saturated carbocycles. The third-order valence-electron chi connectivity index (χ3n) is 7.74. The van der Waals surface area contributed by atoms with Gasteiger partial charge in [0.15, 0.2) is 0 Å². The first-order chi connectivity index (χ1) is 18.2. The summed E-state index contributed by atoms with van der Waals surface area (Å²) in [6.07, 6.45) is 2.46. The van der Waals surface area contributed by atoms with E-state index < -0.39 is 0 Å². The molecular formula is C31H37N3O3S. The average molecular weight is 532 g/mol. The summed E-state index contributed by atoms with van der Waals surface area (Å²) in [5.74, 6) is 0.678. The van der Waals surface area contributed by atoms with E-state index in [2.05, 4.69) is 73.5 Å². The Morgan fingerprint density at radius 3 is 2.34 bits per heavy atom. The minimum Gasteiger partial charge on any atom is -0.485 e. The van der Waals surface area contributed by atoms with Crippen molar-refractivity contribution in [3.05, 3.63) is 82.0 Å². The molecule has 1 spiro atoms. The molecule has 1 aromatic heterocycles. The van der Waals surface area contributed by atoms with Crippen LogP contribution in [0.4, 0.5) is 5.69 Å². The topological polar surface area (TPSA) is 61.9 Å². The highest BCUT2D eigenvalue weighted by atomic mass is 32.1. The van der Waals surface area contributed by atoms with Crippen molar-refractivity contribution >= 4 is 28.8 Å². The van der Waals surface area contributed by atoms with Crippen molar-refractivity contribution in [2.24, 2.45) is 0 Å². The van der Waals surface area contributed by atoms with Crippen LogP contribution in [-0.4, -0.2) is 48.5 Å². The second-order valence-corrected chi connectivity index (χ2v) is 12.4. The highest BCUT2D eigenvalue weighted by molar-refractivity contribution is 7.12. The number of hydrogen-bond acceptors (Lipinski definition) is 5. The highest BCUT2D eigenvalue weighted by Gasteiger charge is 2.40. The van der Waals surface area contributed by atoms with E-state index in [0.29, 0.717) is 18.0 Å². The van der Waals surface area contributed by atoms with Crippen LogP contribution in [-0.2, 0) is 16.8 Å². The Balaban J connectivity index is 1.22. The number of amides is 2. The smallest absolute Gasteiger partial charge is 0.261 e. The summed E-state index contributed by atoms with van der Waals surface area (Å²) in [6.45, 7) is 9.72. The van der Waals surface area contributed by atoms with Crippen LogP contribution in [0.15, 0.2) is 66.0 Å². The van der Waals surface area contributed by atoms with Gasteiger partial charge in [0.25, 0.3) is 5.91 Å². The molecule has 3 aromatic rings. The van der Waals surface area contributed by atoms with E-state index >= 15 is 0 Å². The molecule has 200 valence electrons. The van der Waals surface area contributed by atoms with Gasteiger partial charge in [-0.1, -0.05) is 63.2 Å². The Labute approximate surface area is 229 Å². The van der Waals surface area contributed by atoms with Gasteiger partial charge in [-0.05, 0) is 40.1 Å². The predicted molar refractivity (Wildman–Crippen MR) is 153 cm³/mol. The number of carbonyl (C=O) groups is 2. The van der Waals surface area contributed by atoms with E-state index in [1.54, 1.807) is 6.07 Å². The Kier molecular flexibility index (Phi) is 7.48. The van der Waals surface area contributed by atoms with Gasteiger partial charge in [-0.3, -0.25) is 9.59 Å². The van der Waals surface area contributed by atoms with Gasteiger partial charge in [-0.15, -0.1) is 11.3 Å². The second-order valence-electron chi connectivity index (χ2n) is 11.4. The van der Waals surface area contributed by atoms with Gasteiger partial charge in [0.1, 0.15) is 11.4 Å².